The lowest BCUT2D eigenvalue weighted by Gasteiger charge is -2.32. The highest BCUT2D eigenvalue weighted by Gasteiger charge is 2.30. The van der Waals surface area contributed by atoms with Crippen molar-refractivity contribution < 1.29 is 8.42 Å². The van der Waals surface area contributed by atoms with E-state index in [-0.39, 0.29) is 0 Å². The van der Waals surface area contributed by atoms with Crippen molar-refractivity contribution in [1.29, 1.82) is 0 Å². The molecule has 4 nitrogen and oxygen atoms in total. The maximum Gasteiger partial charge on any atom is 0.303 e. The molecule has 0 N–H and O–H groups in total. The second kappa shape index (κ2) is 2.96. The van der Waals surface area contributed by atoms with Crippen molar-refractivity contribution in [1.82, 2.24) is 4.31 Å². The summed E-state index contributed by atoms with van der Waals surface area (Å²) in [4.78, 5) is 0. The van der Waals surface area contributed by atoms with E-state index >= 15 is 0 Å². The van der Waals surface area contributed by atoms with Crippen molar-refractivity contribution in [3.63, 3.8) is 0 Å². The summed E-state index contributed by atoms with van der Waals surface area (Å²) in [6.07, 6.45) is 0. The van der Waals surface area contributed by atoms with Gasteiger partial charge < -0.3 is 0 Å². The van der Waals surface area contributed by atoms with Crippen LogP contribution in [0, 0.1) is 0 Å². The number of anilines is 1. The van der Waals surface area contributed by atoms with Crippen molar-refractivity contribution in [2.75, 3.05) is 18.4 Å². The molecule has 1 aliphatic heterocycles. The third kappa shape index (κ3) is 1.20. The second-order valence-electron chi connectivity index (χ2n) is 3.36. The summed E-state index contributed by atoms with van der Waals surface area (Å²) in [5.74, 6) is 0. The quantitative estimate of drug-likeness (QED) is 0.638. The van der Waals surface area contributed by atoms with Gasteiger partial charge in [-0.05, 0) is 11.6 Å². The minimum absolute atomic E-state index is 0.447. The number of hydrogen-bond donors (Lipinski definition) is 0. The minimum Gasteiger partial charge on any atom is -0.260 e. The smallest absolute Gasteiger partial charge is 0.260 e. The van der Waals surface area contributed by atoms with Crippen LogP contribution in [0.5, 0.6) is 0 Å². The van der Waals surface area contributed by atoms with Gasteiger partial charge in [-0.2, -0.15) is 12.7 Å². The Labute approximate surface area is 83.9 Å². The van der Waals surface area contributed by atoms with Crippen molar-refractivity contribution in [2.45, 2.75) is 6.54 Å². The molecule has 0 amide bonds. The van der Waals surface area contributed by atoms with Crippen LogP contribution in [-0.2, 0) is 16.8 Å². The van der Waals surface area contributed by atoms with Gasteiger partial charge in [0.1, 0.15) is 0 Å². The normalized spacial score (nSPS) is 20.6. The average molecular weight is 212 g/mol. The van der Waals surface area contributed by atoms with E-state index in [1.54, 1.807) is 14.1 Å². The molecule has 5 heteroatoms. The molecule has 0 atom stereocenters. The monoisotopic (exact) mass is 212 g/mol. The van der Waals surface area contributed by atoms with Gasteiger partial charge in [0.15, 0.2) is 0 Å². The van der Waals surface area contributed by atoms with E-state index in [9.17, 15) is 8.42 Å². The fraction of sp³-hybridized carbons (Fsp3) is 0.333. The Hall–Kier alpha value is -1.07. The lowest BCUT2D eigenvalue weighted by molar-refractivity contribution is 0.457. The van der Waals surface area contributed by atoms with E-state index in [1.165, 1.54) is 8.61 Å². The van der Waals surface area contributed by atoms with Gasteiger partial charge in [-0.25, -0.2) is 0 Å². The molecule has 0 spiro atoms. The van der Waals surface area contributed by atoms with Crippen LogP contribution in [0.25, 0.3) is 0 Å². The minimum atomic E-state index is -3.29. The highest BCUT2D eigenvalue weighted by atomic mass is 32.2. The number of hydrogen-bond acceptors (Lipinski definition) is 2. The van der Waals surface area contributed by atoms with Crippen LogP contribution in [-0.4, -0.2) is 26.8 Å². The molecule has 14 heavy (non-hydrogen) atoms. The maximum atomic E-state index is 11.7. The molecule has 1 aromatic rings. The van der Waals surface area contributed by atoms with Crippen LogP contribution in [0.2, 0.25) is 0 Å². The fourth-order valence-corrected chi connectivity index (χ4v) is 2.75. The molecule has 2 rings (SSSR count). The summed E-state index contributed by atoms with van der Waals surface area (Å²) in [6, 6.07) is 7.52. The summed E-state index contributed by atoms with van der Waals surface area (Å²) >= 11 is 0. The summed E-state index contributed by atoms with van der Waals surface area (Å²) in [5.41, 5.74) is 1.80. The number of benzene rings is 1. The van der Waals surface area contributed by atoms with Crippen LogP contribution >= 0.6 is 0 Å². The van der Waals surface area contributed by atoms with E-state index in [0.717, 1.165) is 11.3 Å². The van der Waals surface area contributed by atoms with Crippen molar-refractivity contribution in [2.24, 2.45) is 0 Å². The zero-order valence-electron chi connectivity index (χ0n) is 8.14. The third-order valence-electron chi connectivity index (χ3n) is 2.46. The van der Waals surface area contributed by atoms with Gasteiger partial charge in [-0.1, -0.05) is 18.2 Å². The summed E-state index contributed by atoms with van der Waals surface area (Å²) < 4.78 is 26.1. The topological polar surface area (TPSA) is 40.6 Å². The summed E-state index contributed by atoms with van der Waals surface area (Å²) in [7, 11) is -0.129. The van der Waals surface area contributed by atoms with E-state index in [1.807, 2.05) is 24.3 Å². The summed E-state index contributed by atoms with van der Waals surface area (Å²) in [6.45, 7) is 0.447. The Morgan fingerprint density at radius 3 is 2.57 bits per heavy atom. The van der Waals surface area contributed by atoms with Gasteiger partial charge in [0, 0.05) is 20.6 Å². The molecular weight excluding hydrogens is 200 g/mol. The van der Waals surface area contributed by atoms with Crippen LogP contribution < -0.4 is 4.31 Å². The SMILES string of the molecule is CN1Cc2ccccc2N(C)S1(=O)=O. The van der Waals surface area contributed by atoms with E-state index in [2.05, 4.69) is 0 Å². The highest BCUT2D eigenvalue weighted by molar-refractivity contribution is 7.90. The predicted octanol–water partition coefficient (Wildman–Crippen LogP) is 0.813. The second-order valence-corrected chi connectivity index (χ2v) is 5.43. The fourth-order valence-electron chi connectivity index (χ4n) is 1.61. The molecule has 1 aromatic carbocycles. The van der Waals surface area contributed by atoms with Crippen molar-refractivity contribution in [3.05, 3.63) is 29.8 Å². The number of nitrogens with zero attached hydrogens (tertiary/aromatic N) is 2. The zero-order valence-corrected chi connectivity index (χ0v) is 8.95. The molecule has 0 radical (unpaired) electrons. The highest BCUT2D eigenvalue weighted by Crippen LogP contribution is 2.29. The first-order valence-electron chi connectivity index (χ1n) is 4.31. The molecule has 0 aliphatic carbocycles. The zero-order chi connectivity index (χ0) is 10.3. The van der Waals surface area contributed by atoms with Crippen molar-refractivity contribution >= 4 is 15.9 Å². The van der Waals surface area contributed by atoms with E-state index < -0.39 is 10.2 Å². The molecule has 76 valence electrons. The van der Waals surface area contributed by atoms with Crippen LogP contribution in [0.4, 0.5) is 5.69 Å². The lowest BCUT2D eigenvalue weighted by Crippen LogP contribution is -2.43. The van der Waals surface area contributed by atoms with E-state index in [0.29, 0.717) is 6.54 Å². The molecule has 1 heterocycles. The van der Waals surface area contributed by atoms with Gasteiger partial charge in [0.2, 0.25) is 0 Å². The van der Waals surface area contributed by atoms with Crippen LogP contribution in [0.1, 0.15) is 5.56 Å². The molecule has 0 unspecified atom stereocenters. The Morgan fingerprint density at radius 2 is 1.86 bits per heavy atom. The molecule has 0 saturated carbocycles. The van der Waals surface area contributed by atoms with Gasteiger partial charge in [0.05, 0.1) is 5.69 Å². The van der Waals surface area contributed by atoms with Crippen LogP contribution in [0.3, 0.4) is 0 Å². The van der Waals surface area contributed by atoms with E-state index in [4.69, 9.17) is 0 Å². The van der Waals surface area contributed by atoms with Gasteiger partial charge in [0.25, 0.3) is 0 Å². The summed E-state index contributed by atoms with van der Waals surface area (Å²) in [5, 5.41) is 0. The average Bonchev–Trinajstić information content (AvgIpc) is 2.15. The Balaban J connectivity index is 2.60. The Bertz CT molecular complexity index is 456. The largest absolute Gasteiger partial charge is 0.303 e. The first-order valence-corrected chi connectivity index (χ1v) is 5.71. The van der Waals surface area contributed by atoms with Gasteiger partial charge in [-0.3, -0.25) is 4.31 Å². The van der Waals surface area contributed by atoms with Crippen molar-refractivity contribution in [3.8, 4) is 0 Å². The number of para-hydroxylation sites is 1. The third-order valence-corrected chi connectivity index (χ3v) is 4.27. The molecule has 1 aliphatic rings. The lowest BCUT2D eigenvalue weighted by atomic mass is 10.2. The van der Waals surface area contributed by atoms with Gasteiger partial charge >= 0.3 is 10.2 Å². The molecule has 0 fully saturated rings. The van der Waals surface area contributed by atoms with Gasteiger partial charge in [-0.15, -0.1) is 0 Å². The first-order chi connectivity index (χ1) is 6.53. The maximum absolute atomic E-state index is 11.7. The Kier molecular flexibility index (Phi) is 2.01. The predicted molar refractivity (Wildman–Crippen MR) is 55.2 cm³/mol. The Morgan fingerprint density at radius 1 is 1.21 bits per heavy atom. The standard InChI is InChI=1S/C9H12N2O2S/c1-10-7-8-5-3-4-6-9(8)11(2)14(10,12)13/h3-6H,7H2,1-2H3. The number of fused-ring (bicyclic) bond motifs is 1. The first kappa shape index (κ1) is 9.48. The molecular formula is C9H12N2O2S. The molecule has 0 aromatic heterocycles. The number of rotatable bonds is 0. The van der Waals surface area contributed by atoms with Crippen LogP contribution in [0.15, 0.2) is 24.3 Å². The molecule has 0 bridgehead atoms. The molecule has 0 saturated heterocycles.